The number of thiophene rings is 1. The van der Waals surface area contributed by atoms with Gasteiger partial charge in [0.25, 0.3) is 5.91 Å². The van der Waals surface area contributed by atoms with Crippen LogP contribution < -0.4 is 10.1 Å². The van der Waals surface area contributed by atoms with Gasteiger partial charge >= 0.3 is 11.9 Å². The summed E-state index contributed by atoms with van der Waals surface area (Å²) >= 11 is 1.12. The predicted octanol–water partition coefficient (Wildman–Crippen LogP) is 4.56. The average molecular weight is 493 g/mol. The molecule has 0 bridgehead atoms. The van der Waals surface area contributed by atoms with Crippen molar-refractivity contribution in [2.24, 2.45) is 0 Å². The number of aromatic nitrogens is 2. The zero-order chi connectivity index (χ0) is 24.6. The van der Waals surface area contributed by atoms with E-state index in [1.807, 2.05) is 0 Å². The van der Waals surface area contributed by atoms with Crippen LogP contribution in [0.1, 0.15) is 27.6 Å². The fraction of sp³-hybridized carbons (Fsp3) is 0.125. The minimum Gasteiger partial charge on any atom is -0.464 e. The van der Waals surface area contributed by atoms with Gasteiger partial charge in [0.15, 0.2) is 6.61 Å². The Bertz CT molecular complexity index is 1320. The van der Waals surface area contributed by atoms with Crippen molar-refractivity contribution >= 4 is 34.2 Å². The molecule has 4 heterocycles. The number of amides is 1. The van der Waals surface area contributed by atoms with Gasteiger partial charge in [-0.3, -0.25) is 9.78 Å². The third kappa shape index (κ3) is 5.71. The van der Waals surface area contributed by atoms with Crippen molar-refractivity contribution < 1.29 is 33.0 Å². The lowest BCUT2D eigenvalue weighted by atomic mass is 10.1. The van der Waals surface area contributed by atoms with Crippen LogP contribution in [0.2, 0.25) is 0 Å². The molecule has 0 fully saturated rings. The summed E-state index contributed by atoms with van der Waals surface area (Å²) in [4.78, 5) is 45.7. The Kier molecular flexibility index (Phi) is 7.48. The van der Waals surface area contributed by atoms with E-state index < -0.39 is 24.5 Å². The van der Waals surface area contributed by atoms with Gasteiger partial charge < -0.3 is 23.9 Å². The number of nitrogens with one attached hydrogen (secondary N) is 1. The Morgan fingerprint density at radius 1 is 1.06 bits per heavy atom. The Labute approximate surface area is 203 Å². The SMILES string of the molecule is CCOC(=O)c1c(-c2ccco2)csc1NC(=O)COC(=O)c1cccnc1Oc1cccnc1. The summed E-state index contributed by atoms with van der Waals surface area (Å²) in [5.41, 5.74) is 0.678. The molecule has 0 aromatic carbocycles. The zero-order valence-corrected chi connectivity index (χ0v) is 19.2. The predicted molar refractivity (Wildman–Crippen MR) is 125 cm³/mol. The second kappa shape index (κ2) is 11.1. The maximum Gasteiger partial charge on any atom is 0.344 e. The van der Waals surface area contributed by atoms with E-state index in [1.54, 1.807) is 48.8 Å². The molecule has 0 radical (unpaired) electrons. The van der Waals surface area contributed by atoms with E-state index in [-0.39, 0.29) is 28.6 Å². The third-order valence-electron chi connectivity index (χ3n) is 4.48. The number of rotatable bonds is 9. The van der Waals surface area contributed by atoms with E-state index in [0.29, 0.717) is 17.1 Å². The minimum absolute atomic E-state index is 0.0110. The number of hydrogen-bond acceptors (Lipinski definition) is 10. The first-order chi connectivity index (χ1) is 17.1. The number of pyridine rings is 2. The molecule has 0 spiro atoms. The maximum atomic E-state index is 12.6. The van der Waals surface area contributed by atoms with Crippen LogP contribution in [0.15, 0.2) is 71.0 Å². The Morgan fingerprint density at radius 2 is 1.91 bits per heavy atom. The number of nitrogens with zero attached hydrogens (tertiary/aromatic N) is 2. The van der Waals surface area contributed by atoms with Crippen LogP contribution in [0.4, 0.5) is 5.00 Å². The van der Waals surface area contributed by atoms with Gasteiger partial charge in [-0.25, -0.2) is 14.6 Å². The van der Waals surface area contributed by atoms with Gasteiger partial charge in [-0.15, -0.1) is 11.3 Å². The fourth-order valence-corrected chi connectivity index (χ4v) is 3.94. The number of carbonyl (C=O) groups excluding carboxylic acids is 3. The summed E-state index contributed by atoms with van der Waals surface area (Å²) in [6.07, 6.45) is 5.98. The van der Waals surface area contributed by atoms with Gasteiger partial charge in [0.2, 0.25) is 5.88 Å². The van der Waals surface area contributed by atoms with Crippen LogP contribution in [-0.2, 0) is 14.3 Å². The molecule has 0 saturated heterocycles. The molecule has 178 valence electrons. The summed E-state index contributed by atoms with van der Waals surface area (Å²) in [5, 5.41) is 4.52. The number of furan rings is 1. The first kappa shape index (κ1) is 23.6. The Balaban J connectivity index is 1.44. The van der Waals surface area contributed by atoms with E-state index >= 15 is 0 Å². The lowest BCUT2D eigenvalue weighted by Gasteiger charge is -2.10. The molecule has 0 saturated carbocycles. The lowest BCUT2D eigenvalue weighted by Crippen LogP contribution is -2.22. The second-order valence-electron chi connectivity index (χ2n) is 6.82. The van der Waals surface area contributed by atoms with Crippen molar-refractivity contribution in [2.75, 3.05) is 18.5 Å². The van der Waals surface area contributed by atoms with Crippen LogP contribution in [0, 0.1) is 0 Å². The molecule has 0 aliphatic rings. The van der Waals surface area contributed by atoms with Gasteiger partial charge in [-0.1, -0.05) is 0 Å². The highest BCUT2D eigenvalue weighted by molar-refractivity contribution is 7.15. The number of esters is 2. The quantitative estimate of drug-likeness (QED) is 0.333. The minimum atomic E-state index is -0.805. The largest absolute Gasteiger partial charge is 0.464 e. The monoisotopic (exact) mass is 493 g/mol. The summed E-state index contributed by atoms with van der Waals surface area (Å²) in [7, 11) is 0. The Morgan fingerprint density at radius 3 is 2.66 bits per heavy atom. The summed E-state index contributed by atoms with van der Waals surface area (Å²) in [5.74, 6) is -1.21. The standard InChI is InChI=1S/C24H19N3O7S/c1-2-31-24(30)20-17(18-8-5-11-32-18)14-35-22(20)27-19(28)13-33-23(29)16-7-4-10-26-21(16)34-15-6-3-9-25-12-15/h3-12,14H,2,13H2,1H3,(H,27,28). The van der Waals surface area contributed by atoms with Gasteiger partial charge in [0, 0.05) is 23.3 Å². The van der Waals surface area contributed by atoms with Crippen molar-refractivity contribution in [3.8, 4) is 23.0 Å². The number of carbonyl (C=O) groups is 3. The van der Waals surface area contributed by atoms with Crippen LogP contribution >= 0.6 is 11.3 Å². The highest BCUT2D eigenvalue weighted by Gasteiger charge is 2.25. The van der Waals surface area contributed by atoms with Gasteiger partial charge in [-0.05, 0) is 43.3 Å². The van der Waals surface area contributed by atoms with Crippen molar-refractivity contribution in [1.82, 2.24) is 9.97 Å². The first-order valence-corrected chi connectivity index (χ1v) is 11.3. The number of ether oxygens (including phenoxy) is 3. The van der Waals surface area contributed by atoms with Crippen molar-refractivity contribution in [3.05, 3.63) is 77.8 Å². The molecule has 1 amide bonds. The average Bonchev–Trinajstić information content (AvgIpc) is 3.54. The van der Waals surface area contributed by atoms with Crippen molar-refractivity contribution in [2.45, 2.75) is 6.92 Å². The Hall–Kier alpha value is -4.51. The first-order valence-electron chi connectivity index (χ1n) is 10.4. The summed E-state index contributed by atoms with van der Waals surface area (Å²) in [6, 6.07) is 9.71. The second-order valence-corrected chi connectivity index (χ2v) is 7.70. The van der Waals surface area contributed by atoms with E-state index in [2.05, 4.69) is 15.3 Å². The van der Waals surface area contributed by atoms with Crippen molar-refractivity contribution in [3.63, 3.8) is 0 Å². The van der Waals surface area contributed by atoms with E-state index in [9.17, 15) is 14.4 Å². The molecule has 0 unspecified atom stereocenters. The molecule has 0 atom stereocenters. The number of hydrogen-bond donors (Lipinski definition) is 1. The molecule has 4 rings (SSSR count). The molecule has 35 heavy (non-hydrogen) atoms. The molecule has 0 aliphatic carbocycles. The third-order valence-corrected chi connectivity index (χ3v) is 5.38. The highest BCUT2D eigenvalue weighted by atomic mass is 32.1. The van der Waals surface area contributed by atoms with Crippen LogP contribution in [-0.4, -0.2) is 41.0 Å². The molecule has 11 heteroatoms. The highest BCUT2D eigenvalue weighted by Crippen LogP contribution is 2.36. The molecule has 10 nitrogen and oxygen atoms in total. The van der Waals surface area contributed by atoms with Gasteiger partial charge in [0.05, 0.1) is 19.1 Å². The van der Waals surface area contributed by atoms with Crippen molar-refractivity contribution in [1.29, 1.82) is 0 Å². The van der Waals surface area contributed by atoms with Gasteiger partial charge in [0.1, 0.15) is 27.6 Å². The van der Waals surface area contributed by atoms with E-state index in [4.69, 9.17) is 18.6 Å². The van der Waals surface area contributed by atoms with Crippen LogP contribution in [0.5, 0.6) is 11.6 Å². The summed E-state index contributed by atoms with van der Waals surface area (Å²) in [6.45, 7) is 1.24. The molecular weight excluding hydrogens is 474 g/mol. The maximum absolute atomic E-state index is 12.6. The smallest absolute Gasteiger partial charge is 0.344 e. The summed E-state index contributed by atoms with van der Waals surface area (Å²) < 4.78 is 21.3. The van der Waals surface area contributed by atoms with Crippen LogP contribution in [0.3, 0.4) is 0 Å². The van der Waals surface area contributed by atoms with Crippen LogP contribution in [0.25, 0.3) is 11.3 Å². The molecular formula is C24H19N3O7S. The normalized spacial score (nSPS) is 10.4. The topological polar surface area (TPSA) is 130 Å². The van der Waals surface area contributed by atoms with Gasteiger partial charge in [-0.2, -0.15) is 0 Å². The lowest BCUT2D eigenvalue weighted by molar-refractivity contribution is -0.119. The molecule has 0 aliphatic heterocycles. The van der Waals surface area contributed by atoms with E-state index in [0.717, 1.165) is 11.3 Å². The molecule has 1 N–H and O–H groups in total. The molecule has 4 aromatic heterocycles. The number of anilines is 1. The van der Waals surface area contributed by atoms with E-state index in [1.165, 1.54) is 24.7 Å². The molecule has 4 aromatic rings. The zero-order valence-electron chi connectivity index (χ0n) is 18.4. The fourth-order valence-electron chi connectivity index (χ4n) is 2.99.